The van der Waals surface area contributed by atoms with Gasteiger partial charge < -0.3 is 9.67 Å². The number of hydrogen-bond acceptors (Lipinski definition) is 1. The van der Waals surface area contributed by atoms with Gasteiger partial charge in [-0.25, -0.2) is 4.79 Å². The lowest BCUT2D eigenvalue weighted by atomic mass is 9.89. The Hall–Kier alpha value is -1.77. The van der Waals surface area contributed by atoms with Crippen molar-refractivity contribution in [3.05, 3.63) is 36.0 Å². The standard InChI is InChI=1S/C16H19NO2/c18-16(19)14-11-17(10-12-6-2-1-3-7-12)15-9-5-4-8-13(14)15/h4-5,8-9,11-12H,1-3,6-7,10H2,(H,18,19). The van der Waals surface area contributed by atoms with E-state index in [0.29, 0.717) is 11.5 Å². The minimum absolute atomic E-state index is 0.423. The first-order valence-corrected chi connectivity index (χ1v) is 7.07. The van der Waals surface area contributed by atoms with Gasteiger partial charge in [-0.05, 0) is 24.8 Å². The van der Waals surface area contributed by atoms with Crippen molar-refractivity contribution in [1.29, 1.82) is 0 Å². The molecule has 1 fully saturated rings. The SMILES string of the molecule is O=C(O)c1cn(CC2CCCCC2)c2ccccc12. The Morgan fingerprint density at radius 2 is 1.95 bits per heavy atom. The molecule has 100 valence electrons. The summed E-state index contributed by atoms with van der Waals surface area (Å²) in [6.07, 6.45) is 8.33. The van der Waals surface area contributed by atoms with Crippen molar-refractivity contribution < 1.29 is 9.90 Å². The molecule has 19 heavy (non-hydrogen) atoms. The molecule has 1 aromatic heterocycles. The van der Waals surface area contributed by atoms with Gasteiger partial charge in [0.25, 0.3) is 0 Å². The molecule has 3 nitrogen and oxygen atoms in total. The molecule has 0 radical (unpaired) electrons. The largest absolute Gasteiger partial charge is 0.478 e. The second kappa shape index (κ2) is 5.08. The summed E-state index contributed by atoms with van der Waals surface area (Å²) in [4.78, 5) is 11.3. The number of benzene rings is 1. The van der Waals surface area contributed by atoms with Crippen LogP contribution < -0.4 is 0 Å². The van der Waals surface area contributed by atoms with Crippen LogP contribution in [0.5, 0.6) is 0 Å². The maximum atomic E-state index is 11.3. The van der Waals surface area contributed by atoms with Gasteiger partial charge in [-0.15, -0.1) is 0 Å². The molecular formula is C16H19NO2. The van der Waals surface area contributed by atoms with Crippen LogP contribution in [0.15, 0.2) is 30.5 Å². The number of nitrogens with zero attached hydrogens (tertiary/aromatic N) is 1. The molecule has 0 unspecified atom stereocenters. The second-order valence-electron chi connectivity index (χ2n) is 5.52. The van der Waals surface area contributed by atoms with Crippen molar-refractivity contribution >= 4 is 16.9 Å². The summed E-state index contributed by atoms with van der Waals surface area (Å²) in [6, 6.07) is 7.80. The zero-order chi connectivity index (χ0) is 13.2. The van der Waals surface area contributed by atoms with Gasteiger partial charge in [0.1, 0.15) is 0 Å². The molecule has 0 atom stereocenters. The van der Waals surface area contributed by atoms with E-state index in [1.54, 1.807) is 0 Å². The molecule has 3 rings (SSSR count). The summed E-state index contributed by atoms with van der Waals surface area (Å²) in [5, 5.41) is 10.1. The number of rotatable bonds is 3. The van der Waals surface area contributed by atoms with Crippen molar-refractivity contribution in [2.24, 2.45) is 5.92 Å². The number of hydrogen-bond donors (Lipinski definition) is 1. The highest BCUT2D eigenvalue weighted by Gasteiger charge is 2.18. The Labute approximate surface area is 112 Å². The monoisotopic (exact) mass is 257 g/mol. The minimum Gasteiger partial charge on any atom is -0.478 e. The first-order valence-electron chi connectivity index (χ1n) is 7.07. The van der Waals surface area contributed by atoms with Gasteiger partial charge in [0.15, 0.2) is 0 Å². The van der Waals surface area contributed by atoms with Crippen LogP contribution in [0.25, 0.3) is 10.9 Å². The Morgan fingerprint density at radius 3 is 2.68 bits per heavy atom. The highest BCUT2D eigenvalue weighted by Crippen LogP contribution is 2.28. The average molecular weight is 257 g/mol. The molecule has 1 saturated carbocycles. The number of carboxylic acids is 1. The van der Waals surface area contributed by atoms with Crippen molar-refractivity contribution in [3.63, 3.8) is 0 Å². The molecule has 0 amide bonds. The number of carboxylic acid groups (broad SMARTS) is 1. The first-order chi connectivity index (χ1) is 9.25. The molecule has 0 spiro atoms. The Kier molecular flexibility index (Phi) is 3.28. The Morgan fingerprint density at radius 1 is 1.21 bits per heavy atom. The molecule has 1 aliphatic rings. The molecule has 3 heteroatoms. The molecule has 2 aromatic rings. The van der Waals surface area contributed by atoms with E-state index in [1.807, 2.05) is 30.5 Å². The molecule has 0 saturated heterocycles. The first kappa shape index (κ1) is 12.3. The maximum Gasteiger partial charge on any atom is 0.337 e. The van der Waals surface area contributed by atoms with Crippen LogP contribution in [0.4, 0.5) is 0 Å². The maximum absolute atomic E-state index is 11.3. The Balaban J connectivity index is 1.96. The van der Waals surface area contributed by atoms with Crippen LogP contribution in [-0.4, -0.2) is 15.6 Å². The fourth-order valence-corrected chi connectivity index (χ4v) is 3.22. The predicted octanol–water partition coefficient (Wildman–Crippen LogP) is 3.92. The lowest BCUT2D eigenvalue weighted by molar-refractivity contribution is 0.0698. The lowest BCUT2D eigenvalue weighted by Gasteiger charge is -2.22. The number of carbonyl (C=O) groups is 1. The average Bonchev–Trinajstić information content (AvgIpc) is 2.79. The molecule has 1 aromatic carbocycles. The quantitative estimate of drug-likeness (QED) is 0.905. The van der Waals surface area contributed by atoms with Gasteiger partial charge in [-0.1, -0.05) is 37.5 Å². The summed E-state index contributed by atoms with van der Waals surface area (Å²) in [6.45, 7) is 0.952. The zero-order valence-corrected chi connectivity index (χ0v) is 11.0. The molecule has 0 aliphatic heterocycles. The normalized spacial score (nSPS) is 16.8. The minimum atomic E-state index is -0.835. The number of fused-ring (bicyclic) bond motifs is 1. The summed E-state index contributed by atoms with van der Waals surface area (Å²) >= 11 is 0. The lowest BCUT2D eigenvalue weighted by Crippen LogP contribution is -2.13. The van der Waals surface area contributed by atoms with E-state index in [0.717, 1.165) is 17.4 Å². The van der Waals surface area contributed by atoms with Crippen LogP contribution in [0.2, 0.25) is 0 Å². The number of para-hydroxylation sites is 1. The molecule has 1 N–H and O–H groups in total. The van der Waals surface area contributed by atoms with E-state index in [1.165, 1.54) is 32.1 Å². The van der Waals surface area contributed by atoms with Gasteiger partial charge in [0, 0.05) is 23.6 Å². The second-order valence-corrected chi connectivity index (χ2v) is 5.52. The van der Waals surface area contributed by atoms with Crippen LogP contribution in [0, 0.1) is 5.92 Å². The third-order valence-corrected chi connectivity index (χ3v) is 4.20. The van der Waals surface area contributed by atoms with Crippen LogP contribution in [-0.2, 0) is 6.54 Å². The van der Waals surface area contributed by atoms with Crippen molar-refractivity contribution in [3.8, 4) is 0 Å². The third-order valence-electron chi connectivity index (χ3n) is 4.20. The van der Waals surface area contributed by atoms with Crippen molar-refractivity contribution in [1.82, 2.24) is 4.57 Å². The molecule has 0 bridgehead atoms. The van der Waals surface area contributed by atoms with Gasteiger partial charge in [-0.3, -0.25) is 0 Å². The summed E-state index contributed by atoms with van der Waals surface area (Å²) in [5.41, 5.74) is 1.47. The van der Waals surface area contributed by atoms with E-state index in [9.17, 15) is 9.90 Å². The van der Waals surface area contributed by atoms with E-state index in [-0.39, 0.29) is 0 Å². The van der Waals surface area contributed by atoms with Crippen molar-refractivity contribution in [2.45, 2.75) is 38.6 Å². The van der Waals surface area contributed by atoms with E-state index in [4.69, 9.17) is 0 Å². The smallest absolute Gasteiger partial charge is 0.337 e. The fourth-order valence-electron chi connectivity index (χ4n) is 3.22. The van der Waals surface area contributed by atoms with Crippen LogP contribution in [0.1, 0.15) is 42.5 Å². The van der Waals surface area contributed by atoms with Crippen molar-refractivity contribution in [2.75, 3.05) is 0 Å². The fraction of sp³-hybridized carbons (Fsp3) is 0.438. The molecular weight excluding hydrogens is 238 g/mol. The van der Waals surface area contributed by atoms with Gasteiger partial charge in [-0.2, -0.15) is 0 Å². The van der Waals surface area contributed by atoms with E-state index < -0.39 is 5.97 Å². The highest BCUT2D eigenvalue weighted by molar-refractivity contribution is 6.03. The van der Waals surface area contributed by atoms with Gasteiger partial charge in [0.05, 0.1) is 5.56 Å². The Bertz CT molecular complexity index is 594. The molecule has 1 heterocycles. The van der Waals surface area contributed by atoms with Gasteiger partial charge in [0.2, 0.25) is 0 Å². The van der Waals surface area contributed by atoms with Gasteiger partial charge >= 0.3 is 5.97 Å². The summed E-state index contributed by atoms with van der Waals surface area (Å²) in [5.74, 6) is -0.134. The van der Waals surface area contributed by atoms with Crippen LogP contribution in [0.3, 0.4) is 0 Å². The van der Waals surface area contributed by atoms with E-state index in [2.05, 4.69) is 4.57 Å². The topological polar surface area (TPSA) is 42.2 Å². The summed E-state index contributed by atoms with van der Waals surface area (Å²) < 4.78 is 2.13. The molecule has 1 aliphatic carbocycles. The van der Waals surface area contributed by atoms with E-state index >= 15 is 0 Å². The zero-order valence-electron chi connectivity index (χ0n) is 11.0. The summed E-state index contributed by atoms with van der Waals surface area (Å²) in [7, 11) is 0. The highest BCUT2D eigenvalue weighted by atomic mass is 16.4. The number of aromatic carboxylic acids is 1. The van der Waals surface area contributed by atoms with Crippen LogP contribution >= 0.6 is 0 Å². The number of aromatic nitrogens is 1. The third kappa shape index (κ3) is 2.37. The predicted molar refractivity (Wildman–Crippen MR) is 75.5 cm³/mol.